The number of nitrogens with two attached hydrogens (primary N) is 1. The fourth-order valence-corrected chi connectivity index (χ4v) is 1.13. The lowest BCUT2D eigenvalue weighted by Crippen LogP contribution is -2.10. The summed E-state index contributed by atoms with van der Waals surface area (Å²) in [6, 6.07) is 1.87. The number of thiol groups is 1. The summed E-state index contributed by atoms with van der Waals surface area (Å²) in [5.41, 5.74) is 5.50. The standard InChI is InChI=1S/C5H6N2S3/c1-10-5(9)3(2-6)4(7)8/h9H,1H3,(H2,7,8)/b5-3+. The number of hydrogen-bond acceptors (Lipinski definition) is 4. The van der Waals surface area contributed by atoms with Crippen LogP contribution in [0.1, 0.15) is 0 Å². The third kappa shape index (κ3) is 2.60. The monoisotopic (exact) mass is 190 g/mol. The highest BCUT2D eigenvalue weighted by molar-refractivity contribution is 8.15. The Morgan fingerprint density at radius 1 is 1.80 bits per heavy atom. The minimum Gasteiger partial charge on any atom is -0.389 e. The second-order valence-electron chi connectivity index (χ2n) is 1.36. The smallest absolute Gasteiger partial charge is 0.116 e. The topological polar surface area (TPSA) is 49.8 Å². The highest BCUT2D eigenvalue weighted by Gasteiger charge is 2.03. The van der Waals surface area contributed by atoms with Gasteiger partial charge in [0, 0.05) is 0 Å². The van der Waals surface area contributed by atoms with Crippen molar-refractivity contribution in [3.05, 3.63) is 9.81 Å². The van der Waals surface area contributed by atoms with Crippen LogP contribution in [-0.4, -0.2) is 11.2 Å². The molecule has 0 aromatic carbocycles. The van der Waals surface area contributed by atoms with Crippen LogP contribution in [-0.2, 0) is 0 Å². The van der Waals surface area contributed by atoms with Crippen LogP contribution in [0.2, 0.25) is 0 Å². The molecular weight excluding hydrogens is 184 g/mol. The maximum Gasteiger partial charge on any atom is 0.116 e. The molecule has 0 aromatic rings. The molecule has 0 bridgehead atoms. The van der Waals surface area contributed by atoms with Crippen LogP contribution in [0.15, 0.2) is 9.81 Å². The van der Waals surface area contributed by atoms with Crippen molar-refractivity contribution < 1.29 is 0 Å². The molecule has 0 aromatic heterocycles. The van der Waals surface area contributed by atoms with E-state index in [1.165, 1.54) is 11.8 Å². The first-order chi connectivity index (χ1) is 4.63. The lowest BCUT2D eigenvalue weighted by molar-refractivity contribution is 1.51. The average Bonchev–Trinajstić information content (AvgIpc) is 1.88. The van der Waals surface area contributed by atoms with E-state index in [1.54, 1.807) is 6.26 Å². The summed E-state index contributed by atoms with van der Waals surface area (Å²) < 4.78 is 0.565. The molecule has 10 heavy (non-hydrogen) atoms. The van der Waals surface area contributed by atoms with Gasteiger partial charge < -0.3 is 5.73 Å². The molecule has 0 aliphatic rings. The Balaban J connectivity index is 4.68. The molecular formula is C5H6N2S3. The number of nitrogens with zero attached hydrogens (tertiary/aromatic N) is 1. The molecule has 5 heteroatoms. The zero-order chi connectivity index (χ0) is 8.15. The lowest BCUT2D eigenvalue weighted by Gasteiger charge is -1.96. The first-order valence-electron chi connectivity index (χ1n) is 2.30. The molecule has 0 unspecified atom stereocenters. The molecule has 2 nitrogen and oxygen atoms in total. The largest absolute Gasteiger partial charge is 0.389 e. The first-order valence-corrected chi connectivity index (χ1v) is 4.38. The SMILES string of the molecule is CS/C(S)=C(\C#N)C(N)=S. The Bertz CT molecular complexity index is 213. The second-order valence-corrected chi connectivity index (χ2v) is 3.37. The van der Waals surface area contributed by atoms with Crippen molar-refractivity contribution in [2.45, 2.75) is 0 Å². The van der Waals surface area contributed by atoms with E-state index >= 15 is 0 Å². The van der Waals surface area contributed by atoms with E-state index in [4.69, 9.17) is 11.0 Å². The predicted molar refractivity (Wildman–Crippen MR) is 51.9 cm³/mol. The van der Waals surface area contributed by atoms with Crippen molar-refractivity contribution >= 4 is 41.6 Å². The maximum absolute atomic E-state index is 8.46. The number of nitriles is 1. The van der Waals surface area contributed by atoms with Gasteiger partial charge in [0.2, 0.25) is 0 Å². The van der Waals surface area contributed by atoms with Gasteiger partial charge in [-0.1, -0.05) is 12.2 Å². The average molecular weight is 190 g/mol. The van der Waals surface area contributed by atoms with E-state index in [-0.39, 0.29) is 10.6 Å². The minimum absolute atomic E-state index is 0.0989. The summed E-state index contributed by atoms with van der Waals surface area (Å²) in [7, 11) is 0. The number of thioether (sulfide) groups is 1. The van der Waals surface area contributed by atoms with Gasteiger partial charge in [-0.2, -0.15) is 5.26 Å². The fourth-order valence-electron chi connectivity index (χ4n) is 0.310. The van der Waals surface area contributed by atoms with Crippen LogP contribution in [0.3, 0.4) is 0 Å². The van der Waals surface area contributed by atoms with Gasteiger partial charge in [0.15, 0.2) is 0 Å². The molecule has 0 aliphatic heterocycles. The van der Waals surface area contributed by atoms with E-state index in [1.807, 2.05) is 6.07 Å². The van der Waals surface area contributed by atoms with Crippen molar-refractivity contribution in [1.82, 2.24) is 0 Å². The van der Waals surface area contributed by atoms with E-state index in [0.29, 0.717) is 4.24 Å². The first kappa shape index (κ1) is 9.82. The molecule has 0 aliphatic carbocycles. The molecule has 0 saturated heterocycles. The normalized spacial score (nSPS) is 11.7. The molecule has 0 saturated carbocycles. The van der Waals surface area contributed by atoms with E-state index in [9.17, 15) is 0 Å². The molecule has 0 spiro atoms. The molecule has 0 rings (SSSR count). The highest BCUT2D eigenvalue weighted by Crippen LogP contribution is 2.20. The molecule has 0 radical (unpaired) electrons. The van der Waals surface area contributed by atoms with Crippen LogP contribution in [0, 0.1) is 11.3 Å². The minimum atomic E-state index is 0.0989. The summed E-state index contributed by atoms with van der Waals surface area (Å²) in [6.45, 7) is 0. The van der Waals surface area contributed by atoms with Crippen LogP contribution >= 0.6 is 36.6 Å². The van der Waals surface area contributed by atoms with E-state index in [0.717, 1.165) is 0 Å². The Kier molecular flexibility index (Phi) is 4.52. The van der Waals surface area contributed by atoms with Crippen LogP contribution < -0.4 is 5.73 Å². The Hall–Kier alpha value is -0.180. The summed E-state index contributed by atoms with van der Waals surface area (Å²) in [5, 5.41) is 8.46. The van der Waals surface area contributed by atoms with Crippen LogP contribution in [0.5, 0.6) is 0 Å². The summed E-state index contributed by atoms with van der Waals surface area (Å²) in [4.78, 5) is 0.0989. The number of hydrogen-bond donors (Lipinski definition) is 2. The van der Waals surface area contributed by atoms with Crippen molar-refractivity contribution in [2.24, 2.45) is 5.73 Å². The van der Waals surface area contributed by atoms with Gasteiger partial charge in [-0.3, -0.25) is 0 Å². The molecule has 54 valence electrons. The van der Waals surface area contributed by atoms with Gasteiger partial charge >= 0.3 is 0 Å². The molecule has 0 amide bonds. The zero-order valence-electron chi connectivity index (χ0n) is 5.29. The van der Waals surface area contributed by atoms with E-state index in [2.05, 4.69) is 24.8 Å². The summed E-state index contributed by atoms with van der Waals surface area (Å²) >= 11 is 9.93. The van der Waals surface area contributed by atoms with Gasteiger partial charge in [0.05, 0.1) is 4.24 Å². The highest BCUT2D eigenvalue weighted by atomic mass is 32.2. The second kappa shape index (κ2) is 4.61. The molecule has 0 heterocycles. The summed E-state index contributed by atoms with van der Waals surface area (Å²) in [6.07, 6.45) is 1.80. The fraction of sp³-hybridized carbons (Fsp3) is 0.200. The van der Waals surface area contributed by atoms with Crippen LogP contribution in [0.25, 0.3) is 0 Å². The van der Waals surface area contributed by atoms with E-state index < -0.39 is 0 Å². The molecule has 0 fully saturated rings. The number of rotatable bonds is 2. The van der Waals surface area contributed by atoms with Crippen molar-refractivity contribution in [2.75, 3.05) is 6.26 Å². The van der Waals surface area contributed by atoms with Gasteiger partial charge in [0.1, 0.15) is 16.6 Å². The number of thiocarbonyl (C=S) groups is 1. The summed E-state index contributed by atoms with van der Waals surface area (Å²) in [5.74, 6) is 0. The van der Waals surface area contributed by atoms with Crippen molar-refractivity contribution in [3.63, 3.8) is 0 Å². The molecule has 2 N–H and O–H groups in total. The third-order valence-corrected chi connectivity index (χ3v) is 2.33. The maximum atomic E-state index is 8.46. The van der Waals surface area contributed by atoms with Crippen molar-refractivity contribution in [1.29, 1.82) is 5.26 Å². The lowest BCUT2D eigenvalue weighted by atomic mass is 10.3. The van der Waals surface area contributed by atoms with Crippen LogP contribution in [0.4, 0.5) is 0 Å². The Labute approximate surface area is 74.9 Å². The molecule has 0 atom stereocenters. The van der Waals surface area contributed by atoms with Gasteiger partial charge in [0.25, 0.3) is 0 Å². The predicted octanol–water partition coefficient (Wildman–Crippen LogP) is 1.30. The zero-order valence-corrected chi connectivity index (χ0v) is 7.82. The van der Waals surface area contributed by atoms with Gasteiger partial charge in [-0.05, 0) is 6.26 Å². The third-order valence-electron chi connectivity index (χ3n) is 0.765. The quantitative estimate of drug-likeness (QED) is 0.298. The van der Waals surface area contributed by atoms with Crippen molar-refractivity contribution in [3.8, 4) is 6.07 Å². The van der Waals surface area contributed by atoms with Gasteiger partial charge in [-0.25, -0.2) is 0 Å². The van der Waals surface area contributed by atoms with Gasteiger partial charge in [-0.15, -0.1) is 24.4 Å². The Morgan fingerprint density at radius 2 is 2.30 bits per heavy atom. The Morgan fingerprint density at radius 3 is 2.40 bits per heavy atom.